The third-order valence-corrected chi connectivity index (χ3v) is 7.18. The fourth-order valence-electron chi connectivity index (χ4n) is 4.21. The first-order valence-corrected chi connectivity index (χ1v) is 11.5. The van der Waals surface area contributed by atoms with Crippen molar-refractivity contribution in [3.63, 3.8) is 0 Å². The summed E-state index contributed by atoms with van der Waals surface area (Å²) in [5.74, 6) is -1.42. The van der Waals surface area contributed by atoms with Gasteiger partial charge in [0.25, 0.3) is 5.91 Å². The molecule has 2 aliphatic rings. The minimum absolute atomic E-state index is 0.0833. The molecule has 166 valence electrons. The number of nitrogens with zero attached hydrogens (tertiary/aromatic N) is 2. The quantitative estimate of drug-likeness (QED) is 0.599. The number of nitrogens with one attached hydrogen (secondary N) is 1. The molecule has 0 aliphatic carbocycles. The van der Waals surface area contributed by atoms with E-state index in [0.29, 0.717) is 27.6 Å². The molecule has 1 N–H and O–H groups in total. The van der Waals surface area contributed by atoms with Crippen molar-refractivity contribution in [2.24, 2.45) is 0 Å². The molecule has 1 fully saturated rings. The van der Waals surface area contributed by atoms with Crippen molar-refractivity contribution in [1.29, 1.82) is 0 Å². The molecule has 1 spiro atoms. The zero-order valence-corrected chi connectivity index (χ0v) is 18.7. The number of fused-ring (bicyclic) bond motifs is 2. The lowest BCUT2D eigenvalue weighted by Gasteiger charge is -2.33. The summed E-state index contributed by atoms with van der Waals surface area (Å²) >= 11 is 7.19. The van der Waals surface area contributed by atoms with Crippen molar-refractivity contribution in [2.75, 3.05) is 27.4 Å². The molecular weight excluding hydrogens is 465 g/mol. The van der Waals surface area contributed by atoms with Gasteiger partial charge >= 0.3 is 0 Å². The lowest BCUT2D eigenvalue weighted by atomic mass is 10.0. The molecular formula is C24H17ClFN3O3S. The van der Waals surface area contributed by atoms with Gasteiger partial charge in [0.05, 0.1) is 11.4 Å². The van der Waals surface area contributed by atoms with Crippen molar-refractivity contribution in [1.82, 2.24) is 0 Å². The van der Waals surface area contributed by atoms with Crippen LogP contribution < -0.4 is 15.1 Å². The third-order valence-electron chi connectivity index (χ3n) is 5.56. The Bertz CT molecular complexity index is 1290. The van der Waals surface area contributed by atoms with Crippen LogP contribution >= 0.6 is 23.4 Å². The predicted molar refractivity (Wildman–Crippen MR) is 127 cm³/mol. The van der Waals surface area contributed by atoms with Crippen molar-refractivity contribution < 1.29 is 18.8 Å². The summed E-state index contributed by atoms with van der Waals surface area (Å²) < 4.78 is 13.5. The van der Waals surface area contributed by atoms with Crippen molar-refractivity contribution in [3.8, 4) is 0 Å². The highest BCUT2D eigenvalue weighted by molar-refractivity contribution is 8.02. The smallest absolute Gasteiger partial charge is 0.269 e. The summed E-state index contributed by atoms with van der Waals surface area (Å²) in [6.07, 6.45) is 0. The highest BCUT2D eigenvalue weighted by atomic mass is 35.5. The van der Waals surface area contributed by atoms with Gasteiger partial charge in [-0.1, -0.05) is 35.9 Å². The fourth-order valence-corrected chi connectivity index (χ4v) is 5.76. The number of thioether (sulfide) groups is 1. The van der Waals surface area contributed by atoms with Gasteiger partial charge in [-0.2, -0.15) is 0 Å². The Labute approximate surface area is 198 Å². The average molecular weight is 482 g/mol. The van der Waals surface area contributed by atoms with E-state index in [2.05, 4.69) is 5.32 Å². The number of carbonyl (C=O) groups is 3. The molecule has 1 atom stereocenters. The molecule has 3 aromatic rings. The summed E-state index contributed by atoms with van der Waals surface area (Å²) in [4.78, 5) is 41.0. The number of carbonyl (C=O) groups excluding carboxylic acids is 3. The highest BCUT2D eigenvalue weighted by Gasteiger charge is 2.61. The monoisotopic (exact) mass is 481 g/mol. The van der Waals surface area contributed by atoms with Crippen LogP contribution in [0.5, 0.6) is 0 Å². The van der Waals surface area contributed by atoms with E-state index in [1.165, 1.54) is 45.8 Å². The molecule has 0 bridgehead atoms. The number of rotatable bonds is 4. The van der Waals surface area contributed by atoms with Gasteiger partial charge in [-0.15, -0.1) is 11.8 Å². The number of hydrogen-bond donors (Lipinski definition) is 1. The van der Waals surface area contributed by atoms with Crippen molar-refractivity contribution in [2.45, 2.75) is 4.87 Å². The number of hydrogen-bond acceptors (Lipinski definition) is 4. The third kappa shape index (κ3) is 3.55. The molecule has 0 unspecified atom stereocenters. The van der Waals surface area contributed by atoms with E-state index in [1.807, 2.05) is 0 Å². The second-order valence-electron chi connectivity index (χ2n) is 7.61. The van der Waals surface area contributed by atoms with Gasteiger partial charge in [0, 0.05) is 22.0 Å². The second-order valence-corrected chi connectivity index (χ2v) is 9.21. The molecule has 3 amide bonds. The second kappa shape index (κ2) is 8.20. The summed E-state index contributed by atoms with van der Waals surface area (Å²) in [5.41, 5.74) is 2.10. The summed E-state index contributed by atoms with van der Waals surface area (Å²) in [7, 11) is 0. The SMILES string of the molecule is O=C(CN1C(=O)[C@@]2(SCC(=O)N2c2ccc(F)cc2)c2ccccc21)Nc1cccc(Cl)c1. The normalized spacial score (nSPS) is 19.3. The van der Waals surface area contributed by atoms with Crippen LogP contribution in [0.1, 0.15) is 5.56 Å². The Kier molecular flexibility index (Phi) is 5.34. The lowest BCUT2D eigenvalue weighted by Crippen LogP contribution is -2.50. The van der Waals surface area contributed by atoms with Gasteiger partial charge in [0.1, 0.15) is 12.4 Å². The number of benzene rings is 3. The zero-order valence-electron chi connectivity index (χ0n) is 17.1. The number of halogens is 2. The van der Waals surface area contributed by atoms with Crippen LogP contribution in [0, 0.1) is 5.82 Å². The molecule has 3 aromatic carbocycles. The van der Waals surface area contributed by atoms with E-state index in [9.17, 15) is 18.8 Å². The van der Waals surface area contributed by atoms with Crippen LogP contribution in [0.25, 0.3) is 0 Å². The first kappa shape index (κ1) is 21.5. The topological polar surface area (TPSA) is 69.7 Å². The van der Waals surface area contributed by atoms with E-state index in [4.69, 9.17) is 11.6 Å². The highest BCUT2D eigenvalue weighted by Crippen LogP contribution is 2.55. The van der Waals surface area contributed by atoms with Crippen LogP contribution in [-0.2, 0) is 19.3 Å². The maximum absolute atomic E-state index is 13.9. The Morgan fingerprint density at radius 1 is 1.06 bits per heavy atom. The molecule has 9 heteroatoms. The maximum Gasteiger partial charge on any atom is 0.269 e. The summed E-state index contributed by atoms with van der Waals surface area (Å²) in [5, 5.41) is 3.23. The Hall–Kier alpha value is -3.36. The van der Waals surface area contributed by atoms with E-state index >= 15 is 0 Å². The van der Waals surface area contributed by atoms with E-state index in [-0.39, 0.29) is 18.2 Å². The average Bonchev–Trinajstić information content (AvgIpc) is 3.26. The number of anilines is 3. The Morgan fingerprint density at radius 2 is 1.82 bits per heavy atom. The number of amides is 3. The van der Waals surface area contributed by atoms with E-state index in [1.54, 1.807) is 48.5 Å². The van der Waals surface area contributed by atoms with Crippen LogP contribution in [0.2, 0.25) is 5.02 Å². The van der Waals surface area contributed by atoms with Crippen LogP contribution in [-0.4, -0.2) is 30.0 Å². The van der Waals surface area contributed by atoms with Gasteiger partial charge in [-0.25, -0.2) is 4.39 Å². The first-order chi connectivity index (χ1) is 15.9. The fraction of sp³-hybridized carbons (Fsp3) is 0.125. The standard InChI is InChI=1S/C24H17ClFN3O3S/c25-15-4-3-5-17(12-15)27-21(30)13-28-20-7-2-1-6-19(20)24(23(28)32)29(22(31)14-33-24)18-10-8-16(26)9-11-18/h1-12H,13-14H2,(H,27,30)/t24-/m0/s1. The summed E-state index contributed by atoms with van der Waals surface area (Å²) in [6, 6.07) is 19.3. The molecule has 0 radical (unpaired) electrons. The van der Waals surface area contributed by atoms with E-state index < -0.39 is 22.5 Å². The Morgan fingerprint density at radius 3 is 2.58 bits per heavy atom. The van der Waals surface area contributed by atoms with Gasteiger partial charge in [-0.3, -0.25) is 24.2 Å². The van der Waals surface area contributed by atoms with E-state index in [0.717, 1.165) is 0 Å². The van der Waals surface area contributed by atoms with Crippen LogP contribution in [0.15, 0.2) is 72.8 Å². The van der Waals surface area contributed by atoms with Crippen molar-refractivity contribution >= 4 is 58.1 Å². The van der Waals surface area contributed by atoms with Crippen LogP contribution in [0.3, 0.4) is 0 Å². The molecule has 33 heavy (non-hydrogen) atoms. The van der Waals surface area contributed by atoms with Gasteiger partial charge in [-0.05, 0) is 48.5 Å². The molecule has 2 aliphatic heterocycles. The molecule has 2 heterocycles. The minimum Gasteiger partial charge on any atom is -0.324 e. The zero-order chi connectivity index (χ0) is 23.2. The molecule has 1 saturated heterocycles. The van der Waals surface area contributed by atoms with Gasteiger partial charge < -0.3 is 5.32 Å². The van der Waals surface area contributed by atoms with Crippen molar-refractivity contribution in [3.05, 3.63) is 89.2 Å². The molecule has 0 saturated carbocycles. The van der Waals surface area contributed by atoms with Gasteiger partial charge in [0.15, 0.2) is 0 Å². The van der Waals surface area contributed by atoms with Gasteiger partial charge in [0.2, 0.25) is 16.7 Å². The minimum atomic E-state index is -1.36. The molecule has 0 aromatic heterocycles. The first-order valence-electron chi connectivity index (χ1n) is 10.1. The summed E-state index contributed by atoms with van der Waals surface area (Å²) in [6.45, 7) is -0.240. The lowest BCUT2D eigenvalue weighted by molar-refractivity contribution is -0.124. The molecule has 5 rings (SSSR count). The Balaban J connectivity index is 1.51. The maximum atomic E-state index is 13.9. The number of para-hydroxylation sites is 1. The molecule has 6 nitrogen and oxygen atoms in total. The largest absolute Gasteiger partial charge is 0.324 e. The predicted octanol–water partition coefficient (Wildman–Crippen LogP) is 4.40. The van der Waals surface area contributed by atoms with Crippen LogP contribution in [0.4, 0.5) is 21.5 Å².